The molecule has 2 rings (SSSR count). The van der Waals surface area contributed by atoms with Crippen LogP contribution in [-0.4, -0.2) is 25.0 Å². The second-order valence-corrected chi connectivity index (χ2v) is 5.56. The van der Waals surface area contributed by atoms with E-state index in [2.05, 4.69) is 0 Å². The van der Waals surface area contributed by atoms with Gasteiger partial charge >= 0.3 is 5.97 Å². The van der Waals surface area contributed by atoms with Gasteiger partial charge in [0.2, 0.25) is 0 Å². The molecule has 0 fully saturated rings. The minimum atomic E-state index is -0.762. The second-order valence-electron chi connectivity index (χ2n) is 5.56. The topological polar surface area (TPSA) is 52.6 Å². The average molecular weight is 326 g/mol. The first kappa shape index (κ1) is 17.9. The van der Waals surface area contributed by atoms with Crippen molar-refractivity contribution < 1.29 is 19.1 Å². The number of rotatable bonds is 9. The summed E-state index contributed by atoms with van der Waals surface area (Å²) in [5.41, 5.74) is 2.00. The minimum Gasteiger partial charge on any atom is -0.463 e. The van der Waals surface area contributed by atoms with Crippen LogP contribution in [0.25, 0.3) is 0 Å². The molecule has 0 saturated carbocycles. The first-order valence-corrected chi connectivity index (χ1v) is 7.99. The molecule has 1 atom stereocenters. The van der Waals surface area contributed by atoms with Gasteiger partial charge in [0.1, 0.15) is 18.3 Å². The molecule has 1 unspecified atom stereocenters. The van der Waals surface area contributed by atoms with Crippen LogP contribution in [0.3, 0.4) is 0 Å². The van der Waals surface area contributed by atoms with Gasteiger partial charge in [-0.3, -0.25) is 9.59 Å². The molecule has 0 bridgehead atoms. The van der Waals surface area contributed by atoms with Crippen LogP contribution in [0.1, 0.15) is 18.1 Å². The molecule has 0 amide bonds. The summed E-state index contributed by atoms with van der Waals surface area (Å²) in [4.78, 5) is 23.9. The van der Waals surface area contributed by atoms with E-state index < -0.39 is 11.9 Å². The van der Waals surface area contributed by atoms with Crippen molar-refractivity contribution in [3.05, 3.63) is 71.8 Å². The lowest BCUT2D eigenvalue weighted by Gasteiger charge is -2.13. The highest BCUT2D eigenvalue weighted by atomic mass is 16.6. The molecule has 0 heterocycles. The maximum absolute atomic E-state index is 12.1. The van der Waals surface area contributed by atoms with E-state index in [1.165, 1.54) is 6.92 Å². The molecule has 126 valence electrons. The Balaban J connectivity index is 1.73. The van der Waals surface area contributed by atoms with Gasteiger partial charge in [0.05, 0.1) is 13.2 Å². The minimum absolute atomic E-state index is 0.143. The van der Waals surface area contributed by atoms with E-state index in [0.717, 1.165) is 11.1 Å². The van der Waals surface area contributed by atoms with Crippen molar-refractivity contribution in [1.82, 2.24) is 0 Å². The van der Waals surface area contributed by atoms with Crippen LogP contribution in [-0.2, 0) is 32.1 Å². The van der Waals surface area contributed by atoms with E-state index in [4.69, 9.17) is 9.47 Å². The van der Waals surface area contributed by atoms with Crippen LogP contribution < -0.4 is 0 Å². The fourth-order valence-electron chi connectivity index (χ4n) is 2.31. The Kier molecular flexibility index (Phi) is 7.18. The summed E-state index contributed by atoms with van der Waals surface area (Å²) < 4.78 is 10.7. The maximum atomic E-state index is 12.1. The molecule has 0 aromatic heterocycles. The molecule has 0 spiro atoms. The molecule has 0 radical (unpaired) electrons. The SMILES string of the molecule is CC(=O)C(Cc1ccccc1)C(=O)OCCOCc1ccccc1. The van der Waals surface area contributed by atoms with E-state index in [-0.39, 0.29) is 12.4 Å². The van der Waals surface area contributed by atoms with Crippen molar-refractivity contribution in [3.63, 3.8) is 0 Å². The maximum Gasteiger partial charge on any atom is 0.316 e. The monoisotopic (exact) mass is 326 g/mol. The van der Waals surface area contributed by atoms with Gasteiger partial charge in [-0.2, -0.15) is 0 Å². The lowest BCUT2D eigenvalue weighted by molar-refractivity contribution is -0.153. The Hall–Kier alpha value is -2.46. The quantitative estimate of drug-likeness (QED) is 0.403. The van der Waals surface area contributed by atoms with E-state index in [0.29, 0.717) is 19.6 Å². The molecule has 2 aromatic rings. The largest absolute Gasteiger partial charge is 0.463 e. The number of ether oxygens (including phenoxy) is 2. The number of hydrogen-bond donors (Lipinski definition) is 0. The number of carbonyl (C=O) groups excluding carboxylic acids is 2. The molecule has 0 aliphatic carbocycles. The van der Waals surface area contributed by atoms with E-state index in [1.807, 2.05) is 60.7 Å². The summed E-state index contributed by atoms with van der Waals surface area (Å²) in [5.74, 6) is -1.44. The third kappa shape index (κ3) is 5.97. The summed E-state index contributed by atoms with van der Waals surface area (Å²) in [5, 5.41) is 0. The Labute approximate surface area is 142 Å². The summed E-state index contributed by atoms with van der Waals surface area (Å²) in [7, 11) is 0. The van der Waals surface area contributed by atoms with Gasteiger partial charge in [0.25, 0.3) is 0 Å². The van der Waals surface area contributed by atoms with Crippen molar-refractivity contribution >= 4 is 11.8 Å². The lowest BCUT2D eigenvalue weighted by atomic mass is 9.96. The van der Waals surface area contributed by atoms with Crippen molar-refractivity contribution in [3.8, 4) is 0 Å². The van der Waals surface area contributed by atoms with Gasteiger partial charge in [-0.15, -0.1) is 0 Å². The van der Waals surface area contributed by atoms with Gasteiger partial charge in [-0.1, -0.05) is 60.7 Å². The zero-order chi connectivity index (χ0) is 17.2. The molecule has 4 heteroatoms. The zero-order valence-corrected chi connectivity index (χ0v) is 13.8. The van der Waals surface area contributed by atoms with Crippen LogP contribution in [0.4, 0.5) is 0 Å². The molecular weight excluding hydrogens is 304 g/mol. The molecule has 0 aliphatic rings. The summed E-state index contributed by atoms with van der Waals surface area (Å²) in [6.07, 6.45) is 0.361. The number of carbonyl (C=O) groups is 2. The molecule has 0 N–H and O–H groups in total. The Morgan fingerprint density at radius 1 is 0.875 bits per heavy atom. The lowest BCUT2D eigenvalue weighted by Crippen LogP contribution is -2.27. The van der Waals surface area contributed by atoms with E-state index in [1.54, 1.807) is 0 Å². The standard InChI is InChI=1S/C20H22O4/c1-16(21)19(14-17-8-4-2-5-9-17)20(22)24-13-12-23-15-18-10-6-3-7-11-18/h2-11,19H,12-15H2,1H3. The highest BCUT2D eigenvalue weighted by molar-refractivity contribution is 5.98. The van der Waals surface area contributed by atoms with Crippen LogP contribution >= 0.6 is 0 Å². The van der Waals surface area contributed by atoms with Gasteiger partial charge in [0.15, 0.2) is 0 Å². The fourth-order valence-corrected chi connectivity index (χ4v) is 2.31. The highest BCUT2D eigenvalue weighted by Gasteiger charge is 2.25. The molecule has 0 aliphatic heterocycles. The van der Waals surface area contributed by atoms with Crippen LogP contribution in [0, 0.1) is 5.92 Å². The second kappa shape index (κ2) is 9.63. The van der Waals surface area contributed by atoms with Crippen molar-refractivity contribution in [2.24, 2.45) is 5.92 Å². The predicted molar refractivity (Wildman–Crippen MR) is 91.4 cm³/mol. The molecule has 24 heavy (non-hydrogen) atoms. The molecule has 4 nitrogen and oxygen atoms in total. The normalized spacial score (nSPS) is 11.7. The van der Waals surface area contributed by atoms with Crippen LogP contribution in [0.15, 0.2) is 60.7 Å². The molecule has 2 aromatic carbocycles. The fraction of sp³-hybridized carbons (Fsp3) is 0.300. The molecular formula is C20H22O4. The number of Topliss-reactive ketones (excluding diaryl/α,β-unsaturated/α-hetero) is 1. The average Bonchev–Trinajstić information content (AvgIpc) is 2.60. The Morgan fingerprint density at radius 3 is 2.04 bits per heavy atom. The van der Waals surface area contributed by atoms with Crippen molar-refractivity contribution in [2.75, 3.05) is 13.2 Å². The number of hydrogen-bond acceptors (Lipinski definition) is 4. The van der Waals surface area contributed by atoms with Gasteiger partial charge in [-0.05, 0) is 24.5 Å². The van der Waals surface area contributed by atoms with Gasteiger partial charge in [-0.25, -0.2) is 0 Å². The first-order valence-electron chi connectivity index (χ1n) is 7.99. The smallest absolute Gasteiger partial charge is 0.316 e. The van der Waals surface area contributed by atoms with Crippen LogP contribution in [0.5, 0.6) is 0 Å². The Morgan fingerprint density at radius 2 is 1.46 bits per heavy atom. The zero-order valence-electron chi connectivity index (χ0n) is 13.8. The van der Waals surface area contributed by atoms with Gasteiger partial charge in [0, 0.05) is 0 Å². The van der Waals surface area contributed by atoms with Crippen LogP contribution in [0.2, 0.25) is 0 Å². The molecule has 0 saturated heterocycles. The Bertz CT molecular complexity index is 637. The number of benzene rings is 2. The van der Waals surface area contributed by atoms with Crippen molar-refractivity contribution in [1.29, 1.82) is 0 Å². The third-order valence-electron chi connectivity index (χ3n) is 3.64. The number of esters is 1. The van der Waals surface area contributed by atoms with Crippen molar-refractivity contribution in [2.45, 2.75) is 20.0 Å². The third-order valence-corrected chi connectivity index (χ3v) is 3.64. The first-order chi connectivity index (χ1) is 11.7. The number of ketones is 1. The van der Waals surface area contributed by atoms with Gasteiger partial charge < -0.3 is 9.47 Å². The summed E-state index contributed by atoms with van der Waals surface area (Å²) >= 11 is 0. The predicted octanol–water partition coefficient (Wildman–Crippen LogP) is 3.19. The summed E-state index contributed by atoms with van der Waals surface area (Å²) in [6.45, 7) is 2.33. The highest BCUT2D eigenvalue weighted by Crippen LogP contribution is 2.12. The summed E-state index contributed by atoms with van der Waals surface area (Å²) in [6, 6.07) is 19.2. The van der Waals surface area contributed by atoms with E-state index >= 15 is 0 Å². The van der Waals surface area contributed by atoms with E-state index in [9.17, 15) is 9.59 Å².